The van der Waals surface area contributed by atoms with Gasteiger partial charge in [0.05, 0.1) is 32.6 Å². The molecule has 1 atom stereocenters. The summed E-state index contributed by atoms with van der Waals surface area (Å²) < 4.78 is 22.3. The smallest absolute Gasteiger partial charge is 0.296 e. The highest BCUT2D eigenvalue weighted by Crippen LogP contribution is 2.48. The molecule has 3 heterocycles. The van der Waals surface area contributed by atoms with Crippen LogP contribution in [0.25, 0.3) is 11.0 Å². The van der Waals surface area contributed by atoms with Crippen molar-refractivity contribution in [3.8, 4) is 17.2 Å². The minimum Gasteiger partial charge on any atom is -0.503 e. The normalized spacial score (nSPS) is 15.6. The first-order valence-electron chi connectivity index (χ1n) is 10.9. The third kappa shape index (κ3) is 3.57. The number of anilines is 1. The molecule has 2 aromatic heterocycles. The molecule has 36 heavy (non-hydrogen) atoms. The fourth-order valence-electron chi connectivity index (χ4n) is 4.35. The van der Waals surface area contributed by atoms with Gasteiger partial charge < -0.3 is 23.7 Å². The number of carbonyl (C=O) groups excluding carboxylic acids is 2. The number of para-hydroxylation sites is 2. The number of ether oxygens (including phenoxy) is 3. The van der Waals surface area contributed by atoms with Gasteiger partial charge in [-0.15, -0.1) is 11.3 Å². The van der Waals surface area contributed by atoms with Crippen molar-refractivity contribution in [3.63, 3.8) is 0 Å². The van der Waals surface area contributed by atoms with Crippen molar-refractivity contribution in [1.29, 1.82) is 0 Å². The molecule has 0 spiro atoms. The molecule has 0 aliphatic carbocycles. The predicted molar refractivity (Wildman–Crippen MR) is 133 cm³/mol. The third-order valence-corrected chi connectivity index (χ3v) is 6.90. The highest BCUT2D eigenvalue weighted by molar-refractivity contribution is 7.14. The van der Waals surface area contributed by atoms with Gasteiger partial charge >= 0.3 is 0 Å². The molecule has 0 saturated heterocycles. The molecule has 1 aliphatic rings. The van der Waals surface area contributed by atoms with Crippen molar-refractivity contribution in [2.45, 2.75) is 13.0 Å². The lowest BCUT2D eigenvalue weighted by Crippen LogP contribution is -2.31. The fraction of sp³-hybridized carbons (Fsp3) is 0.192. The molecule has 0 fully saturated rings. The highest BCUT2D eigenvalue weighted by atomic mass is 32.1. The van der Waals surface area contributed by atoms with E-state index >= 15 is 0 Å². The molecular weight excluding hydrogens is 484 g/mol. The first-order chi connectivity index (χ1) is 17.4. The molecular formula is C26H22N2O7S. The van der Waals surface area contributed by atoms with E-state index in [0.29, 0.717) is 44.6 Å². The maximum atomic E-state index is 13.9. The molecule has 1 amide bonds. The molecule has 0 saturated carbocycles. The zero-order valence-corrected chi connectivity index (χ0v) is 20.7. The van der Waals surface area contributed by atoms with Crippen LogP contribution in [0.1, 0.15) is 27.9 Å². The second-order valence-electron chi connectivity index (χ2n) is 8.01. The van der Waals surface area contributed by atoms with Gasteiger partial charge in [0.25, 0.3) is 5.91 Å². The van der Waals surface area contributed by atoms with Crippen LogP contribution in [-0.4, -0.2) is 43.1 Å². The van der Waals surface area contributed by atoms with Crippen LogP contribution in [0.15, 0.2) is 63.6 Å². The second-order valence-corrected chi connectivity index (χ2v) is 8.85. The van der Waals surface area contributed by atoms with Gasteiger partial charge in [0.1, 0.15) is 6.04 Å². The molecule has 0 bridgehead atoms. The van der Waals surface area contributed by atoms with Gasteiger partial charge in [-0.2, -0.15) is 0 Å². The van der Waals surface area contributed by atoms with Crippen molar-refractivity contribution in [2.75, 3.05) is 26.2 Å². The summed E-state index contributed by atoms with van der Waals surface area (Å²) in [6.07, 6.45) is 0. The Balaban J connectivity index is 1.71. The summed E-state index contributed by atoms with van der Waals surface area (Å²) in [7, 11) is 4.46. The van der Waals surface area contributed by atoms with Crippen molar-refractivity contribution >= 4 is 39.1 Å². The van der Waals surface area contributed by atoms with Crippen LogP contribution in [0.2, 0.25) is 0 Å². The topological polar surface area (TPSA) is 111 Å². The predicted octanol–water partition coefficient (Wildman–Crippen LogP) is 5.01. The Hall–Kier alpha value is -4.31. The summed E-state index contributed by atoms with van der Waals surface area (Å²) in [5.41, 5.74) is 1.37. The van der Waals surface area contributed by atoms with E-state index in [4.69, 9.17) is 18.6 Å². The molecule has 10 heteroatoms. The van der Waals surface area contributed by atoms with Crippen LogP contribution >= 0.6 is 11.3 Å². The number of carbonyl (C=O) groups is 2. The molecule has 4 aromatic rings. The quantitative estimate of drug-likeness (QED) is 0.348. The van der Waals surface area contributed by atoms with Gasteiger partial charge in [-0.05, 0) is 25.1 Å². The Morgan fingerprint density at radius 2 is 1.81 bits per heavy atom. The first-order valence-corrected chi connectivity index (χ1v) is 11.8. The number of hydrogen-bond donors (Lipinski definition) is 1. The molecule has 5 rings (SSSR count). The molecule has 9 nitrogen and oxygen atoms in total. The number of hydrogen-bond acceptors (Lipinski definition) is 9. The van der Waals surface area contributed by atoms with Gasteiger partial charge in [-0.3, -0.25) is 14.5 Å². The van der Waals surface area contributed by atoms with Crippen LogP contribution in [0.4, 0.5) is 5.13 Å². The second kappa shape index (κ2) is 9.04. The lowest BCUT2D eigenvalue weighted by atomic mass is 9.94. The number of amides is 1. The van der Waals surface area contributed by atoms with Crippen LogP contribution in [0.5, 0.6) is 17.2 Å². The fourth-order valence-corrected chi connectivity index (χ4v) is 5.18. The summed E-state index contributed by atoms with van der Waals surface area (Å²) in [5, 5.41) is 13.8. The van der Waals surface area contributed by atoms with Crippen molar-refractivity contribution in [1.82, 2.24) is 4.98 Å². The van der Waals surface area contributed by atoms with E-state index in [0.717, 1.165) is 0 Å². The summed E-state index contributed by atoms with van der Waals surface area (Å²) in [6, 6.07) is 10.9. The Morgan fingerprint density at radius 1 is 1.08 bits per heavy atom. The minimum absolute atomic E-state index is 0.0483. The van der Waals surface area contributed by atoms with Gasteiger partial charge in [0, 0.05) is 16.3 Å². The number of nitrogens with zero attached hydrogens (tertiary/aromatic N) is 2. The number of aryl methyl sites for hydroxylation is 1. The van der Waals surface area contributed by atoms with E-state index in [1.165, 1.54) is 37.6 Å². The monoisotopic (exact) mass is 506 g/mol. The third-order valence-electron chi connectivity index (χ3n) is 5.95. The number of methoxy groups -OCH3 is 3. The van der Waals surface area contributed by atoms with E-state index in [2.05, 4.69) is 4.98 Å². The van der Waals surface area contributed by atoms with Gasteiger partial charge in [-0.1, -0.05) is 24.3 Å². The summed E-state index contributed by atoms with van der Waals surface area (Å²) in [4.78, 5) is 33.0. The molecule has 2 aromatic carbocycles. The largest absolute Gasteiger partial charge is 0.503 e. The van der Waals surface area contributed by atoms with Crippen LogP contribution in [0.3, 0.4) is 0 Å². The number of rotatable bonds is 7. The average Bonchev–Trinajstić information content (AvgIpc) is 3.59. The molecule has 1 N–H and O–H groups in total. The van der Waals surface area contributed by atoms with E-state index in [1.807, 2.05) is 0 Å². The summed E-state index contributed by atoms with van der Waals surface area (Å²) >= 11 is 1.23. The highest BCUT2D eigenvalue weighted by Gasteiger charge is 2.47. The number of benzene rings is 2. The maximum absolute atomic E-state index is 13.9. The number of aliphatic hydroxyl groups is 1. The van der Waals surface area contributed by atoms with Crippen molar-refractivity contribution < 1.29 is 33.3 Å². The maximum Gasteiger partial charge on any atom is 0.296 e. The van der Waals surface area contributed by atoms with Gasteiger partial charge in [0.15, 0.2) is 39.5 Å². The lowest BCUT2D eigenvalue weighted by molar-refractivity contribution is -0.117. The number of furan rings is 1. The first kappa shape index (κ1) is 23.4. The van der Waals surface area contributed by atoms with Crippen LogP contribution in [-0.2, 0) is 4.79 Å². The zero-order valence-electron chi connectivity index (χ0n) is 19.9. The molecule has 1 aliphatic heterocycles. The molecule has 1 unspecified atom stereocenters. The number of aliphatic hydroxyl groups excluding tert-OH is 1. The number of thiazole rings is 1. The number of Topliss-reactive ketones (excluding diaryl/α,β-unsaturated/α-hetero) is 1. The van der Waals surface area contributed by atoms with E-state index in [1.54, 1.807) is 54.8 Å². The minimum atomic E-state index is -1.05. The SMILES string of the molecule is COc1cccc(C2C(C(=O)c3cc4cccc(OC)c4o3)=C(O)C(=O)N2c2nc(C)cs2)c1OC. The van der Waals surface area contributed by atoms with Crippen LogP contribution in [0, 0.1) is 6.92 Å². The van der Waals surface area contributed by atoms with Crippen LogP contribution < -0.4 is 19.1 Å². The standard InChI is InChI=1S/C26H22N2O7S/c1-13-12-36-26(27-13)28-20(15-8-6-10-17(33-3)24(15)34-4)19(22(30)25(28)31)21(29)18-11-14-7-5-9-16(32-2)23(14)35-18/h5-12,20,30H,1-4H3. The Bertz CT molecular complexity index is 1530. The Kier molecular flexibility index (Phi) is 5.89. The zero-order chi connectivity index (χ0) is 25.6. The summed E-state index contributed by atoms with van der Waals surface area (Å²) in [5.74, 6) is -0.950. The van der Waals surface area contributed by atoms with Crippen molar-refractivity contribution in [2.24, 2.45) is 0 Å². The summed E-state index contributed by atoms with van der Waals surface area (Å²) in [6.45, 7) is 1.79. The van der Waals surface area contributed by atoms with E-state index < -0.39 is 23.5 Å². The van der Waals surface area contributed by atoms with Gasteiger partial charge in [0.2, 0.25) is 5.78 Å². The molecule has 0 radical (unpaired) electrons. The molecule has 184 valence electrons. The number of ketones is 1. The van der Waals surface area contributed by atoms with E-state index in [9.17, 15) is 14.7 Å². The van der Waals surface area contributed by atoms with Crippen molar-refractivity contribution in [3.05, 3.63) is 76.2 Å². The number of fused-ring (bicyclic) bond motifs is 1. The average molecular weight is 507 g/mol. The lowest BCUT2D eigenvalue weighted by Gasteiger charge is -2.26. The van der Waals surface area contributed by atoms with E-state index in [-0.39, 0.29) is 11.3 Å². The number of aromatic nitrogens is 1. The van der Waals surface area contributed by atoms with Gasteiger partial charge in [-0.25, -0.2) is 4.98 Å². The Labute approximate surface area is 210 Å². The Morgan fingerprint density at radius 3 is 2.47 bits per heavy atom.